The van der Waals surface area contributed by atoms with Crippen LogP contribution in [0.5, 0.6) is 0 Å². The summed E-state index contributed by atoms with van der Waals surface area (Å²) in [7, 11) is 0. The summed E-state index contributed by atoms with van der Waals surface area (Å²) in [5.74, 6) is -0.722. The summed E-state index contributed by atoms with van der Waals surface area (Å²) in [6.45, 7) is 3.50. The predicted octanol–water partition coefficient (Wildman–Crippen LogP) is 2.77. The molecule has 0 aromatic heterocycles. The number of nitrogens with zero attached hydrogens (tertiary/aromatic N) is 2. The Morgan fingerprint density at radius 2 is 1.91 bits per heavy atom. The van der Waals surface area contributed by atoms with Gasteiger partial charge >= 0.3 is 6.03 Å². The first-order valence-electron chi connectivity index (χ1n) is 7.49. The Morgan fingerprint density at radius 3 is 2.65 bits per heavy atom. The molecule has 0 unspecified atom stereocenters. The number of hydrogen-bond acceptors (Lipinski definition) is 3. The minimum absolute atomic E-state index is 0.0987. The van der Waals surface area contributed by atoms with Gasteiger partial charge in [-0.25, -0.2) is 4.79 Å². The number of imide groups is 1. The molecule has 5 nitrogen and oxygen atoms in total. The molecule has 1 saturated heterocycles. The smallest absolute Gasteiger partial charge is 0.319 e. The van der Waals surface area contributed by atoms with Crippen LogP contribution in [0.3, 0.4) is 0 Å². The second kappa shape index (κ2) is 5.40. The van der Waals surface area contributed by atoms with Crippen molar-refractivity contribution in [3.8, 4) is 6.07 Å². The van der Waals surface area contributed by atoms with Gasteiger partial charge in [0, 0.05) is 6.54 Å². The molecule has 1 fully saturated rings. The SMILES string of the molecule is C[C@@H](C#N)CN1C(=O)N[C@](C)(c2cccc3ccccc23)C1=O. The molecular weight excluding hydrogens is 290 g/mol. The van der Waals surface area contributed by atoms with Gasteiger partial charge in [-0.1, -0.05) is 42.5 Å². The summed E-state index contributed by atoms with van der Waals surface area (Å²) in [6.07, 6.45) is 0. The van der Waals surface area contributed by atoms with Gasteiger partial charge in [-0.2, -0.15) is 5.26 Å². The molecule has 0 saturated carbocycles. The first-order valence-corrected chi connectivity index (χ1v) is 7.49. The maximum Gasteiger partial charge on any atom is 0.325 e. The standard InChI is InChI=1S/C18H17N3O2/c1-12(10-19)11-21-16(22)18(2,20-17(21)23)15-9-5-7-13-6-3-4-8-14(13)15/h3-9,12H,11H2,1-2H3,(H,20,23)/t12-,18+/m0/s1. The molecule has 116 valence electrons. The van der Waals surface area contributed by atoms with Crippen molar-refractivity contribution in [2.24, 2.45) is 5.92 Å². The molecular formula is C18H17N3O2. The molecule has 1 N–H and O–H groups in total. The van der Waals surface area contributed by atoms with Crippen LogP contribution in [0.15, 0.2) is 42.5 Å². The molecule has 2 aromatic rings. The van der Waals surface area contributed by atoms with Crippen LogP contribution in [0.2, 0.25) is 0 Å². The van der Waals surface area contributed by atoms with Gasteiger partial charge in [0.15, 0.2) is 0 Å². The highest BCUT2D eigenvalue weighted by Gasteiger charge is 2.49. The number of benzene rings is 2. The number of urea groups is 1. The van der Waals surface area contributed by atoms with Gasteiger partial charge in [-0.15, -0.1) is 0 Å². The maximum absolute atomic E-state index is 12.9. The van der Waals surface area contributed by atoms with E-state index in [0.29, 0.717) is 0 Å². The second-order valence-electron chi connectivity index (χ2n) is 6.03. The van der Waals surface area contributed by atoms with E-state index in [2.05, 4.69) is 11.4 Å². The molecule has 0 radical (unpaired) electrons. The summed E-state index contributed by atoms with van der Waals surface area (Å²) in [5, 5.41) is 13.7. The highest BCUT2D eigenvalue weighted by molar-refractivity contribution is 6.09. The maximum atomic E-state index is 12.9. The summed E-state index contributed by atoms with van der Waals surface area (Å²) in [4.78, 5) is 26.2. The molecule has 0 aliphatic carbocycles. The highest BCUT2D eigenvalue weighted by Crippen LogP contribution is 2.34. The Kier molecular flexibility index (Phi) is 3.53. The molecule has 23 heavy (non-hydrogen) atoms. The molecule has 0 spiro atoms. The predicted molar refractivity (Wildman–Crippen MR) is 86.3 cm³/mol. The van der Waals surface area contributed by atoms with Crippen molar-refractivity contribution >= 4 is 22.7 Å². The summed E-state index contributed by atoms with van der Waals surface area (Å²) < 4.78 is 0. The molecule has 2 atom stereocenters. The van der Waals surface area contributed by atoms with Gasteiger partial charge in [-0.05, 0) is 30.2 Å². The average molecular weight is 307 g/mol. The van der Waals surface area contributed by atoms with E-state index in [4.69, 9.17) is 5.26 Å². The number of nitriles is 1. The van der Waals surface area contributed by atoms with Gasteiger partial charge in [0.1, 0.15) is 5.54 Å². The fourth-order valence-electron chi connectivity index (χ4n) is 3.02. The molecule has 0 bridgehead atoms. The van der Waals surface area contributed by atoms with Crippen molar-refractivity contribution in [2.75, 3.05) is 6.54 Å². The molecule has 1 heterocycles. The second-order valence-corrected chi connectivity index (χ2v) is 6.03. The van der Waals surface area contributed by atoms with E-state index in [0.717, 1.165) is 21.2 Å². The largest absolute Gasteiger partial charge is 0.325 e. The molecule has 3 rings (SSSR count). The Hall–Kier alpha value is -2.87. The zero-order valence-electron chi connectivity index (χ0n) is 13.0. The van der Waals surface area contributed by atoms with Crippen molar-refractivity contribution < 1.29 is 9.59 Å². The van der Waals surface area contributed by atoms with Crippen LogP contribution in [0.25, 0.3) is 10.8 Å². The van der Waals surface area contributed by atoms with Crippen LogP contribution >= 0.6 is 0 Å². The van der Waals surface area contributed by atoms with E-state index in [1.165, 1.54) is 0 Å². The summed E-state index contributed by atoms with van der Waals surface area (Å²) in [6, 6.07) is 15.1. The van der Waals surface area contributed by atoms with Crippen molar-refractivity contribution in [1.29, 1.82) is 5.26 Å². The zero-order chi connectivity index (χ0) is 16.6. The summed E-state index contributed by atoms with van der Waals surface area (Å²) in [5.41, 5.74) is -0.353. The first-order chi connectivity index (χ1) is 11.0. The third-order valence-corrected chi connectivity index (χ3v) is 4.28. The molecule has 1 aliphatic heterocycles. The van der Waals surface area contributed by atoms with E-state index in [9.17, 15) is 9.59 Å². The number of amides is 3. The van der Waals surface area contributed by atoms with E-state index in [-0.39, 0.29) is 12.5 Å². The topological polar surface area (TPSA) is 73.2 Å². The van der Waals surface area contributed by atoms with E-state index in [1.807, 2.05) is 42.5 Å². The third-order valence-electron chi connectivity index (χ3n) is 4.28. The lowest BCUT2D eigenvalue weighted by Crippen LogP contribution is -2.41. The minimum Gasteiger partial charge on any atom is -0.319 e. The number of carbonyl (C=O) groups is 2. The number of carbonyl (C=O) groups excluding carboxylic acids is 2. The Balaban J connectivity index is 2.07. The number of nitrogens with one attached hydrogen (secondary N) is 1. The number of fused-ring (bicyclic) bond motifs is 1. The first kappa shape index (κ1) is 15.0. The van der Waals surface area contributed by atoms with Crippen LogP contribution in [0.1, 0.15) is 19.4 Å². The van der Waals surface area contributed by atoms with E-state index >= 15 is 0 Å². The molecule has 5 heteroatoms. The Bertz CT molecular complexity index is 834. The van der Waals surface area contributed by atoms with Crippen molar-refractivity contribution in [2.45, 2.75) is 19.4 Å². The van der Waals surface area contributed by atoms with Crippen molar-refractivity contribution in [1.82, 2.24) is 10.2 Å². The van der Waals surface area contributed by atoms with Gasteiger partial charge in [0.05, 0.1) is 12.0 Å². The normalized spacial score (nSPS) is 22.0. The van der Waals surface area contributed by atoms with Gasteiger partial charge in [-0.3, -0.25) is 9.69 Å². The fourth-order valence-corrected chi connectivity index (χ4v) is 3.02. The lowest BCUT2D eigenvalue weighted by atomic mass is 9.87. The van der Waals surface area contributed by atoms with Crippen LogP contribution in [0.4, 0.5) is 4.79 Å². The summed E-state index contributed by atoms with van der Waals surface area (Å²) >= 11 is 0. The number of rotatable bonds is 3. The van der Waals surface area contributed by atoms with Crippen LogP contribution in [-0.2, 0) is 10.3 Å². The number of hydrogen-bond donors (Lipinski definition) is 1. The van der Waals surface area contributed by atoms with Crippen LogP contribution in [0, 0.1) is 17.2 Å². The lowest BCUT2D eigenvalue weighted by molar-refractivity contribution is -0.131. The van der Waals surface area contributed by atoms with Crippen molar-refractivity contribution in [3.05, 3.63) is 48.0 Å². The average Bonchev–Trinajstić information content (AvgIpc) is 2.78. The molecule has 3 amide bonds. The lowest BCUT2D eigenvalue weighted by Gasteiger charge is -2.24. The van der Waals surface area contributed by atoms with E-state index in [1.54, 1.807) is 13.8 Å². The highest BCUT2D eigenvalue weighted by atomic mass is 16.2. The quantitative estimate of drug-likeness (QED) is 0.886. The fraction of sp³-hybridized carbons (Fsp3) is 0.278. The van der Waals surface area contributed by atoms with Gasteiger partial charge < -0.3 is 5.32 Å². The monoisotopic (exact) mass is 307 g/mol. The van der Waals surface area contributed by atoms with Gasteiger partial charge in [0.25, 0.3) is 5.91 Å². The Labute approximate surface area is 134 Å². The van der Waals surface area contributed by atoms with E-state index < -0.39 is 17.5 Å². The third kappa shape index (κ3) is 2.33. The van der Waals surface area contributed by atoms with Gasteiger partial charge in [0.2, 0.25) is 0 Å². The van der Waals surface area contributed by atoms with Crippen LogP contribution < -0.4 is 5.32 Å². The van der Waals surface area contributed by atoms with Crippen LogP contribution in [-0.4, -0.2) is 23.4 Å². The zero-order valence-corrected chi connectivity index (χ0v) is 13.0. The minimum atomic E-state index is -1.12. The molecule has 2 aromatic carbocycles. The molecule has 1 aliphatic rings. The Morgan fingerprint density at radius 1 is 1.22 bits per heavy atom. The van der Waals surface area contributed by atoms with Crippen molar-refractivity contribution in [3.63, 3.8) is 0 Å².